The Kier molecular flexibility index (Phi) is 2.09. The lowest BCUT2D eigenvalue weighted by atomic mass is 9.85. The Morgan fingerprint density at radius 1 is 1.44 bits per heavy atom. The van der Waals surface area contributed by atoms with Crippen LogP contribution in [-0.4, -0.2) is 17.3 Å². The maximum absolute atomic E-state index is 9.24. The second kappa shape index (κ2) is 2.67. The van der Waals surface area contributed by atoms with Crippen molar-refractivity contribution in [2.75, 3.05) is 0 Å². The fourth-order valence-corrected chi connectivity index (χ4v) is 1.42. The summed E-state index contributed by atoms with van der Waals surface area (Å²) < 4.78 is 0. The Morgan fingerprint density at radius 2 is 2.11 bits per heavy atom. The van der Waals surface area contributed by atoms with E-state index in [1.807, 2.05) is 0 Å². The molecule has 0 heterocycles. The molecule has 0 bridgehead atoms. The van der Waals surface area contributed by atoms with Crippen LogP contribution in [0.3, 0.4) is 0 Å². The zero-order valence-corrected chi connectivity index (χ0v) is 5.88. The minimum atomic E-state index is -0.0928. The molecule has 1 aliphatic rings. The first kappa shape index (κ1) is 7.03. The van der Waals surface area contributed by atoms with Gasteiger partial charge in [0.15, 0.2) is 0 Å². The largest absolute Gasteiger partial charge is 0.393 e. The molecule has 0 aromatic carbocycles. The van der Waals surface area contributed by atoms with Crippen LogP contribution in [0, 0.1) is 5.92 Å². The average molecular weight is 129 g/mol. The smallest absolute Gasteiger partial charge is 0.0566 e. The first-order valence-electron chi connectivity index (χ1n) is 3.64. The molecule has 0 amide bonds. The third-order valence-corrected chi connectivity index (χ3v) is 2.16. The second-order valence-corrected chi connectivity index (χ2v) is 3.12. The lowest BCUT2D eigenvalue weighted by Gasteiger charge is -2.28. The van der Waals surface area contributed by atoms with Crippen LogP contribution in [0.25, 0.3) is 0 Å². The van der Waals surface area contributed by atoms with Crippen LogP contribution < -0.4 is 5.73 Å². The number of rotatable bonds is 0. The van der Waals surface area contributed by atoms with Gasteiger partial charge in [0, 0.05) is 6.04 Å². The summed E-state index contributed by atoms with van der Waals surface area (Å²) in [4.78, 5) is 0. The van der Waals surface area contributed by atoms with Crippen LogP contribution in [0.15, 0.2) is 0 Å². The lowest BCUT2D eigenvalue weighted by Crippen LogP contribution is -2.34. The van der Waals surface area contributed by atoms with Crippen molar-refractivity contribution in [1.29, 1.82) is 0 Å². The standard InChI is InChI=1S/C7H15NO/c1-5-4-6(8)2-3-7(5)9/h5-7,9H,2-4,8H2,1H3. The van der Waals surface area contributed by atoms with E-state index in [9.17, 15) is 5.11 Å². The van der Waals surface area contributed by atoms with Crippen LogP contribution >= 0.6 is 0 Å². The van der Waals surface area contributed by atoms with Crippen molar-refractivity contribution in [2.24, 2.45) is 11.7 Å². The molecule has 0 aromatic heterocycles. The van der Waals surface area contributed by atoms with E-state index in [4.69, 9.17) is 5.73 Å². The van der Waals surface area contributed by atoms with Gasteiger partial charge in [0.05, 0.1) is 6.10 Å². The molecule has 0 radical (unpaired) electrons. The maximum atomic E-state index is 9.24. The molecule has 9 heavy (non-hydrogen) atoms. The summed E-state index contributed by atoms with van der Waals surface area (Å²) >= 11 is 0. The highest BCUT2D eigenvalue weighted by atomic mass is 16.3. The molecule has 1 aliphatic carbocycles. The molecule has 0 saturated heterocycles. The molecule has 1 rings (SSSR count). The van der Waals surface area contributed by atoms with E-state index in [1.165, 1.54) is 0 Å². The van der Waals surface area contributed by atoms with Gasteiger partial charge in [-0.05, 0) is 25.2 Å². The van der Waals surface area contributed by atoms with E-state index in [-0.39, 0.29) is 6.10 Å². The van der Waals surface area contributed by atoms with Gasteiger partial charge in [-0.25, -0.2) is 0 Å². The van der Waals surface area contributed by atoms with Gasteiger partial charge in [-0.1, -0.05) is 6.92 Å². The molecular formula is C7H15NO. The first-order chi connectivity index (χ1) is 4.20. The molecule has 1 saturated carbocycles. The third kappa shape index (κ3) is 1.66. The Labute approximate surface area is 56.1 Å². The predicted molar refractivity (Wildman–Crippen MR) is 37.0 cm³/mol. The van der Waals surface area contributed by atoms with E-state index in [1.54, 1.807) is 0 Å². The first-order valence-corrected chi connectivity index (χ1v) is 3.64. The van der Waals surface area contributed by atoms with Crippen molar-refractivity contribution >= 4 is 0 Å². The molecule has 3 atom stereocenters. The molecule has 54 valence electrons. The fraction of sp³-hybridized carbons (Fsp3) is 1.00. The van der Waals surface area contributed by atoms with Gasteiger partial charge >= 0.3 is 0 Å². The summed E-state index contributed by atoms with van der Waals surface area (Å²) in [6.07, 6.45) is 2.78. The van der Waals surface area contributed by atoms with Crippen molar-refractivity contribution < 1.29 is 5.11 Å². The average Bonchev–Trinajstić information content (AvgIpc) is 1.80. The van der Waals surface area contributed by atoms with Crippen LogP contribution in [0.5, 0.6) is 0 Å². The molecule has 2 heteroatoms. The van der Waals surface area contributed by atoms with Gasteiger partial charge < -0.3 is 10.8 Å². The fourth-order valence-electron chi connectivity index (χ4n) is 1.42. The molecule has 3 unspecified atom stereocenters. The molecule has 0 aliphatic heterocycles. The summed E-state index contributed by atoms with van der Waals surface area (Å²) in [5.41, 5.74) is 5.68. The van der Waals surface area contributed by atoms with Gasteiger partial charge in [0.25, 0.3) is 0 Å². The normalized spacial score (nSPS) is 45.0. The number of hydrogen-bond donors (Lipinski definition) is 2. The molecule has 3 N–H and O–H groups in total. The quantitative estimate of drug-likeness (QED) is 0.500. The summed E-state index contributed by atoms with van der Waals surface area (Å²) in [6.45, 7) is 2.06. The topological polar surface area (TPSA) is 46.2 Å². The number of nitrogens with two attached hydrogens (primary N) is 1. The monoisotopic (exact) mass is 129 g/mol. The van der Waals surface area contributed by atoms with Gasteiger partial charge in [0.2, 0.25) is 0 Å². The zero-order chi connectivity index (χ0) is 6.85. The third-order valence-electron chi connectivity index (χ3n) is 2.16. The van der Waals surface area contributed by atoms with Crippen molar-refractivity contribution in [3.63, 3.8) is 0 Å². The second-order valence-electron chi connectivity index (χ2n) is 3.12. The number of aliphatic hydroxyl groups excluding tert-OH is 1. The summed E-state index contributed by atoms with van der Waals surface area (Å²) in [7, 11) is 0. The van der Waals surface area contributed by atoms with Gasteiger partial charge in [-0.3, -0.25) is 0 Å². The SMILES string of the molecule is CC1CC(N)CCC1O. The summed E-state index contributed by atoms with van der Waals surface area (Å²) in [5, 5.41) is 9.24. The highest BCUT2D eigenvalue weighted by Gasteiger charge is 2.22. The molecule has 0 aromatic rings. The van der Waals surface area contributed by atoms with Crippen molar-refractivity contribution in [1.82, 2.24) is 0 Å². The molecule has 0 spiro atoms. The highest BCUT2D eigenvalue weighted by molar-refractivity contribution is 4.78. The lowest BCUT2D eigenvalue weighted by molar-refractivity contribution is 0.0721. The number of hydrogen-bond acceptors (Lipinski definition) is 2. The minimum absolute atomic E-state index is 0.0928. The zero-order valence-electron chi connectivity index (χ0n) is 5.88. The predicted octanol–water partition coefficient (Wildman–Crippen LogP) is 0.495. The van der Waals surface area contributed by atoms with E-state index < -0.39 is 0 Å². The van der Waals surface area contributed by atoms with Crippen LogP contribution in [-0.2, 0) is 0 Å². The van der Waals surface area contributed by atoms with E-state index in [0.717, 1.165) is 19.3 Å². The van der Waals surface area contributed by atoms with Gasteiger partial charge in [-0.2, -0.15) is 0 Å². The number of aliphatic hydroxyl groups is 1. The molecule has 1 fully saturated rings. The van der Waals surface area contributed by atoms with Crippen LogP contribution in [0.4, 0.5) is 0 Å². The maximum Gasteiger partial charge on any atom is 0.0566 e. The summed E-state index contributed by atoms with van der Waals surface area (Å²) in [5.74, 6) is 0.411. The van der Waals surface area contributed by atoms with Crippen molar-refractivity contribution in [3.8, 4) is 0 Å². The summed E-state index contributed by atoms with van der Waals surface area (Å²) in [6, 6.07) is 0.336. The Balaban J connectivity index is 2.35. The Morgan fingerprint density at radius 3 is 2.56 bits per heavy atom. The van der Waals surface area contributed by atoms with Gasteiger partial charge in [0.1, 0.15) is 0 Å². The van der Waals surface area contributed by atoms with Crippen molar-refractivity contribution in [3.05, 3.63) is 0 Å². The van der Waals surface area contributed by atoms with E-state index in [2.05, 4.69) is 6.92 Å². The van der Waals surface area contributed by atoms with Gasteiger partial charge in [-0.15, -0.1) is 0 Å². The van der Waals surface area contributed by atoms with E-state index >= 15 is 0 Å². The van der Waals surface area contributed by atoms with Crippen LogP contribution in [0.1, 0.15) is 26.2 Å². The highest BCUT2D eigenvalue weighted by Crippen LogP contribution is 2.22. The molecule has 2 nitrogen and oxygen atoms in total. The van der Waals surface area contributed by atoms with Crippen molar-refractivity contribution in [2.45, 2.75) is 38.3 Å². The molecular weight excluding hydrogens is 114 g/mol. The minimum Gasteiger partial charge on any atom is -0.393 e. The Bertz CT molecular complexity index is 94.9. The Hall–Kier alpha value is -0.0800. The van der Waals surface area contributed by atoms with E-state index in [0.29, 0.717) is 12.0 Å². The van der Waals surface area contributed by atoms with Crippen LogP contribution in [0.2, 0.25) is 0 Å².